The molecule has 0 amide bonds. The number of hydrogen-bond acceptors (Lipinski definition) is 3. The topological polar surface area (TPSA) is 55.9 Å². The van der Waals surface area contributed by atoms with Crippen molar-refractivity contribution in [3.63, 3.8) is 0 Å². The van der Waals surface area contributed by atoms with E-state index in [0.717, 1.165) is 94.8 Å². The third kappa shape index (κ3) is 8.75. The summed E-state index contributed by atoms with van der Waals surface area (Å²) < 4.78 is 4.60. The Kier molecular flexibility index (Phi) is 12.4. The molecular weight excluding hydrogens is 1080 g/mol. The number of nitrogens with zero attached hydrogens (tertiary/aromatic N) is 4. The Labute approximate surface area is 447 Å². The molecule has 0 unspecified atom stereocenters. The second-order valence-electron chi connectivity index (χ2n) is 21.2. The Balaban J connectivity index is 0.00000588. The van der Waals surface area contributed by atoms with Gasteiger partial charge in [0.15, 0.2) is 0 Å². The first-order chi connectivity index (χ1) is 35.4. The molecule has 12 aromatic rings. The number of phenols is 1. The maximum absolute atomic E-state index is 12.0. The summed E-state index contributed by atoms with van der Waals surface area (Å²) in [5.74, 6) is 0.838. The molecule has 0 bridgehead atoms. The molecule has 9 aromatic carbocycles. The first-order valence-corrected chi connectivity index (χ1v) is 25.1. The van der Waals surface area contributed by atoms with Crippen molar-refractivity contribution < 1.29 is 26.2 Å². The van der Waals surface area contributed by atoms with Crippen molar-refractivity contribution in [1.82, 2.24) is 19.1 Å². The number of pyridine rings is 1. The SMILES string of the molecule is CC(C)(C)c1ccc(-n2c(-c3ccc(C(C)(C)C)cc3O)nc3c(-c4[c-]c(-c5cc(-c6cccc7c8ccccc8n(-c8ccccc8)c67)ccn5)cc(-c5ccccc5)c4)cc(-c4ccccc4)cc32)cc1.[Pt]. The quantitative estimate of drug-likeness (QED) is 0.154. The van der Waals surface area contributed by atoms with E-state index in [1.54, 1.807) is 0 Å². The number of imidazole rings is 1. The number of aromatic nitrogens is 4. The maximum atomic E-state index is 12.0. The number of para-hydroxylation sites is 3. The van der Waals surface area contributed by atoms with Crippen LogP contribution in [0.15, 0.2) is 219 Å². The molecule has 1 N–H and O–H groups in total. The Bertz CT molecular complexity index is 4030. The zero-order valence-electron chi connectivity index (χ0n) is 42.3. The van der Waals surface area contributed by atoms with Crippen LogP contribution in [0.4, 0.5) is 0 Å². The van der Waals surface area contributed by atoms with Gasteiger partial charge < -0.3 is 9.67 Å². The summed E-state index contributed by atoms with van der Waals surface area (Å²) in [5, 5.41) is 14.4. The van der Waals surface area contributed by atoms with E-state index in [0.29, 0.717) is 11.4 Å². The largest absolute Gasteiger partial charge is 0.507 e. The number of rotatable bonds is 8. The van der Waals surface area contributed by atoms with Crippen LogP contribution in [0.2, 0.25) is 0 Å². The second-order valence-corrected chi connectivity index (χ2v) is 21.2. The summed E-state index contributed by atoms with van der Waals surface area (Å²) in [6.07, 6.45) is 1.92. The van der Waals surface area contributed by atoms with Crippen molar-refractivity contribution in [3.8, 4) is 84.3 Å². The van der Waals surface area contributed by atoms with Gasteiger partial charge >= 0.3 is 0 Å². The van der Waals surface area contributed by atoms with Gasteiger partial charge in [0.05, 0.1) is 27.6 Å². The smallest absolute Gasteiger partial charge is 0.148 e. The number of hydrogen-bond donors (Lipinski definition) is 1. The van der Waals surface area contributed by atoms with Gasteiger partial charge in [-0.05, 0) is 98.8 Å². The van der Waals surface area contributed by atoms with Crippen LogP contribution in [0.1, 0.15) is 52.7 Å². The van der Waals surface area contributed by atoms with Crippen molar-refractivity contribution in [2.24, 2.45) is 0 Å². The van der Waals surface area contributed by atoms with E-state index in [1.807, 2.05) is 18.3 Å². The van der Waals surface area contributed by atoms with Crippen LogP contribution in [0, 0.1) is 6.07 Å². The average Bonchev–Trinajstić information content (AvgIpc) is 3.97. The first kappa shape index (κ1) is 48.2. The van der Waals surface area contributed by atoms with Crippen molar-refractivity contribution in [2.45, 2.75) is 52.4 Å². The molecular formula is C68H55N4OPt-. The van der Waals surface area contributed by atoms with Gasteiger partial charge in [0.2, 0.25) is 0 Å². The van der Waals surface area contributed by atoms with E-state index in [2.05, 4.69) is 257 Å². The van der Waals surface area contributed by atoms with E-state index in [4.69, 9.17) is 9.97 Å². The van der Waals surface area contributed by atoms with Crippen LogP contribution in [0.3, 0.4) is 0 Å². The molecule has 0 aliphatic heterocycles. The van der Waals surface area contributed by atoms with Crippen LogP contribution in [0.5, 0.6) is 5.75 Å². The Morgan fingerprint density at radius 2 is 1.03 bits per heavy atom. The van der Waals surface area contributed by atoms with Crippen molar-refractivity contribution >= 4 is 32.8 Å². The van der Waals surface area contributed by atoms with E-state index in [1.165, 1.54) is 16.3 Å². The molecule has 0 aliphatic rings. The van der Waals surface area contributed by atoms with E-state index in [9.17, 15) is 5.11 Å². The van der Waals surface area contributed by atoms with Gasteiger partial charge in [-0.1, -0.05) is 204 Å². The normalized spacial score (nSPS) is 11.9. The van der Waals surface area contributed by atoms with Crippen LogP contribution in [-0.2, 0) is 31.9 Å². The zero-order valence-corrected chi connectivity index (χ0v) is 44.6. The standard InChI is InChI=1S/C68H55N4O.Pt/c1-67(2,3)51-29-32-54(33-30-51)72-62-42-48(45-21-12-8-13-22-45)40-59(64(62)70-66(72)58-34-31-52(43-63(58)73)68(4,5)6)49-37-47(44-19-10-7-11-20-44)38-50(39-49)60-41-46(35-36-69-60)55-26-18-27-57-56-25-16-17-28-61(56)71(65(55)57)53-23-14-9-15-24-53;/h7-38,40-43,73H,1-6H3;/q-1;. The van der Waals surface area contributed by atoms with Crippen LogP contribution >= 0.6 is 0 Å². The van der Waals surface area contributed by atoms with Gasteiger partial charge in [0.25, 0.3) is 0 Å². The summed E-state index contributed by atoms with van der Waals surface area (Å²) >= 11 is 0. The fourth-order valence-electron chi connectivity index (χ4n) is 10.4. The average molecular weight is 1140 g/mol. The molecule has 3 heterocycles. The summed E-state index contributed by atoms with van der Waals surface area (Å²) in [6, 6.07) is 79.0. The van der Waals surface area contributed by atoms with Crippen LogP contribution in [-0.4, -0.2) is 24.2 Å². The third-order valence-electron chi connectivity index (χ3n) is 14.3. The van der Waals surface area contributed by atoms with E-state index in [-0.39, 0.29) is 37.6 Å². The molecule has 6 heteroatoms. The number of benzene rings is 9. The fourth-order valence-corrected chi connectivity index (χ4v) is 10.4. The molecule has 3 aromatic heterocycles. The van der Waals surface area contributed by atoms with Crippen molar-refractivity contribution in [3.05, 3.63) is 236 Å². The van der Waals surface area contributed by atoms with Gasteiger partial charge in [0.1, 0.15) is 11.6 Å². The third-order valence-corrected chi connectivity index (χ3v) is 14.3. The van der Waals surface area contributed by atoms with E-state index < -0.39 is 0 Å². The summed E-state index contributed by atoms with van der Waals surface area (Å²) in [4.78, 5) is 10.7. The molecule has 0 saturated carbocycles. The molecule has 0 spiro atoms. The number of fused-ring (bicyclic) bond motifs is 4. The molecule has 5 nitrogen and oxygen atoms in total. The summed E-state index contributed by atoms with van der Waals surface area (Å²) in [7, 11) is 0. The maximum Gasteiger partial charge on any atom is 0.148 e. The van der Waals surface area contributed by atoms with Gasteiger partial charge in [-0.2, -0.15) is 0 Å². The molecule has 0 radical (unpaired) electrons. The molecule has 0 saturated heterocycles. The minimum Gasteiger partial charge on any atom is -0.507 e. The summed E-state index contributed by atoms with van der Waals surface area (Å²) in [6.45, 7) is 13.2. The van der Waals surface area contributed by atoms with Gasteiger partial charge in [0, 0.05) is 60.7 Å². The van der Waals surface area contributed by atoms with E-state index >= 15 is 0 Å². The molecule has 0 fully saturated rings. The van der Waals surface area contributed by atoms with Crippen molar-refractivity contribution in [1.29, 1.82) is 0 Å². The van der Waals surface area contributed by atoms with Gasteiger partial charge in [-0.25, -0.2) is 4.98 Å². The van der Waals surface area contributed by atoms with Crippen LogP contribution in [0.25, 0.3) is 111 Å². The molecule has 364 valence electrons. The van der Waals surface area contributed by atoms with Crippen molar-refractivity contribution in [2.75, 3.05) is 0 Å². The Hall–Kier alpha value is -8.11. The fraction of sp³-hybridized carbons (Fsp3) is 0.118. The molecule has 0 aliphatic carbocycles. The molecule has 0 atom stereocenters. The molecule has 12 rings (SSSR count). The molecule has 74 heavy (non-hydrogen) atoms. The number of phenolic OH excluding ortho intramolecular Hbond substituents is 1. The monoisotopic (exact) mass is 1140 g/mol. The number of aromatic hydroxyl groups is 1. The Morgan fingerprint density at radius 1 is 0.432 bits per heavy atom. The predicted octanol–water partition coefficient (Wildman–Crippen LogP) is 17.6. The minimum atomic E-state index is -0.155. The second kappa shape index (κ2) is 19.1. The predicted molar refractivity (Wildman–Crippen MR) is 304 cm³/mol. The van der Waals surface area contributed by atoms with Gasteiger partial charge in [-0.15, -0.1) is 23.8 Å². The minimum absolute atomic E-state index is 0. The summed E-state index contributed by atoms with van der Waals surface area (Å²) in [5.41, 5.74) is 18.7. The zero-order chi connectivity index (χ0) is 50.0. The first-order valence-electron chi connectivity index (χ1n) is 25.1. The Morgan fingerprint density at radius 3 is 1.70 bits per heavy atom. The van der Waals surface area contributed by atoms with Gasteiger partial charge in [-0.3, -0.25) is 9.55 Å². The van der Waals surface area contributed by atoms with Crippen LogP contribution < -0.4 is 0 Å².